The predicted octanol–water partition coefficient (Wildman–Crippen LogP) is 5.94. The van der Waals surface area contributed by atoms with Gasteiger partial charge < -0.3 is 4.74 Å². The van der Waals surface area contributed by atoms with Crippen LogP contribution in [0.5, 0.6) is 5.75 Å². The summed E-state index contributed by atoms with van der Waals surface area (Å²) in [5.41, 5.74) is 2.82. The minimum absolute atomic E-state index is 0.0768. The summed E-state index contributed by atoms with van der Waals surface area (Å²) in [7, 11) is 1.68. The lowest BCUT2D eigenvalue weighted by molar-refractivity contribution is 0.416. The molecular weight excluding hydrogens is 426 g/mol. The molecular formula is C24H23N3O2S2. The van der Waals surface area contributed by atoms with Gasteiger partial charge in [-0.25, -0.2) is 9.97 Å². The van der Waals surface area contributed by atoms with Crippen LogP contribution >= 0.6 is 23.1 Å². The van der Waals surface area contributed by atoms with Crippen LogP contribution in [0.15, 0.2) is 63.9 Å². The monoisotopic (exact) mass is 449 g/mol. The summed E-state index contributed by atoms with van der Waals surface area (Å²) < 4.78 is 7.42. The summed E-state index contributed by atoms with van der Waals surface area (Å²) in [5.74, 6) is 1.49. The van der Waals surface area contributed by atoms with Crippen molar-refractivity contribution in [3.63, 3.8) is 0 Å². The molecule has 0 saturated heterocycles. The highest BCUT2D eigenvalue weighted by Gasteiger charge is 2.23. The number of benzene rings is 2. The zero-order valence-corrected chi connectivity index (χ0v) is 18.9. The molecule has 5 nitrogen and oxygen atoms in total. The van der Waals surface area contributed by atoms with E-state index in [2.05, 4.69) is 5.38 Å². The van der Waals surface area contributed by atoms with Crippen molar-refractivity contribution in [1.29, 1.82) is 0 Å². The zero-order chi connectivity index (χ0) is 21.2. The molecule has 31 heavy (non-hydrogen) atoms. The van der Waals surface area contributed by atoms with Crippen molar-refractivity contribution in [2.45, 2.75) is 42.6 Å². The summed E-state index contributed by atoms with van der Waals surface area (Å²) in [4.78, 5) is 23.0. The van der Waals surface area contributed by atoms with Crippen molar-refractivity contribution in [3.8, 4) is 16.3 Å². The third-order valence-corrected chi connectivity index (χ3v) is 7.61. The molecule has 2 aromatic heterocycles. The second-order valence-electron chi connectivity index (χ2n) is 7.66. The molecule has 1 saturated carbocycles. The molecule has 1 fully saturated rings. The highest BCUT2D eigenvalue weighted by Crippen LogP contribution is 2.35. The Morgan fingerprint density at radius 3 is 2.71 bits per heavy atom. The van der Waals surface area contributed by atoms with Gasteiger partial charge in [0, 0.05) is 17.2 Å². The van der Waals surface area contributed by atoms with Crippen LogP contribution in [0, 0.1) is 0 Å². The first-order valence-corrected chi connectivity index (χ1v) is 12.3. The number of thiazole rings is 1. The molecule has 0 atom stereocenters. The molecule has 2 aromatic carbocycles. The molecule has 0 unspecified atom stereocenters. The van der Waals surface area contributed by atoms with E-state index < -0.39 is 0 Å². The Labute approximate surface area is 189 Å². The van der Waals surface area contributed by atoms with Crippen LogP contribution in [0.4, 0.5) is 0 Å². The van der Waals surface area contributed by atoms with Crippen molar-refractivity contribution in [1.82, 2.24) is 14.5 Å². The molecule has 0 radical (unpaired) electrons. The number of nitrogens with zero attached hydrogens (tertiary/aromatic N) is 3. The third kappa shape index (κ3) is 4.00. The Hall–Kier alpha value is -2.64. The largest absolute Gasteiger partial charge is 0.496 e. The minimum atomic E-state index is 0.0768. The summed E-state index contributed by atoms with van der Waals surface area (Å²) in [6, 6.07) is 15.8. The van der Waals surface area contributed by atoms with Crippen molar-refractivity contribution < 1.29 is 4.74 Å². The predicted molar refractivity (Wildman–Crippen MR) is 127 cm³/mol. The molecule has 158 valence electrons. The normalized spacial score (nSPS) is 14.4. The summed E-state index contributed by atoms with van der Waals surface area (Å²) in [5, 5.41) is 4.51. The quantitative estimate of drug-likeness (QED) is 0.269. The number of fused-ring (bicyclic) bond motifs is 1. The standard InChI is InChI=1S/C24H23N3O2S2/c1-29-21-13-7-5-11-19(21)22-25-16(14-30-22)15-31-24-26-20-12-6-4-10-18(20)23(28)27(24)17-8-2-3-9-17/h4-7,10-14,17H,2-3,8-9,15H2,1H3. The number of hydrogen-bond acceptors (Lipinski definition) is 6. The highest BCUT2D eigenvalue weighted by molar-refractivity contribution is 7.98. The fourth-order valence-electron chi connectivity index (χ4n) is 4.17. The van der Waals surface area contributed by atoms with Crippen molar-refractivity contribution in [2.75, 3.05) is 7.11 Å². The zero-order valence-electron chi connectivity index (χ0n) is 17.3. The van der Waals surface area contributed by atoms with Gasteiger partial charge in [0.05, 0.1) is 29.3 Å². The van der Waals surface area contributed by atoms with E-state index in [0.717, 1.165) is 45.5 Å². The molecule has 7 heteroatoms. The van der Waals surface area contributed by atoms with Crippen LogP contribution in [-0.2, 0) is 5.75 Å². The number of ether oxygens (including phenoxy) is 1. The second kappa shape index (κ2) is 8.85. The van der Waals surface area contributed by atoms with E-state index >= 15 is 0 Å². The van der Waals surface area contributed by atoms with E-state index in [-0.39, 0.29) is 11.6 Å². The number of hydrogen-bond donors (Lipinski definition) is 0. The van der Waals surface area contributed by atoms with Gasteiger partial charge in [-0.1, -0.05) is 48.9 Å². The smallest absolute Gasteiger partial charge is 0.262 e. The summed E-state index contributed by atoms with van der Waals surface area (Å²) in [6.07, 6.45) is 4.43. The van der Waals surface area contributed by atoms with Crippen LogP contribution in [0.25, 0.3) is 21.5 Å². The van der Waals surface area contributed by atoms with Crippen LogP contribution in [0.2, 0.25) is 0 Å². The van der Waals surface area contributed by atoms with E-state index in [4.69, 9.17) is 14.7 Å². The van der Waals surface area contributed by atoms with Crippen molar-refractivity contribution in [3.05, 3.63) is 70.0 Å². The van der Waals surface area contributed by atoms with Crippen molar-refractivity contribution >= 4 is 34.0 Å². The van der Waals surface area contributed by atoms with Gasteiger partial charge >= 0.3 is 0 Å². The molecule has 0 N–H and O–H groups in total. The number of methoxy groups -OCH3 is 1. The number of aromatic nitrogens is 3. The molecule has 5 rings (SSSR count). The van der Waals surface area contributed by atoms with Crippen LogP contribution in [0.1, 0.15) is 37.4 Å². The maximum Gasteiger partial charge on any atom is 0.262 e. The van der Waals surface area contributed by atoms with Gasteiger partial charge in [0.1, 0.15) is 10.8 Å². The van der Waals surface area contributed by atoms with Crippen LogP contribution < -0.4 is 10.3 Å². The van der Waals surface area contributed by atoms with Gasteiger partial charge in [-0.15, -0.1) is 11.3 Å². The van der Waals surface area contributed by atoms with Gasteiger partial charge in [-0.05, 0) is 37.1 Å². The molecule has 1 aliphatic carbocycles. The fourth-order valence-corrected chi connectivity index (χ4v) is 6.08. The summed E-state index contributed by atoms with van der Waals surface area (Å²) >= 11 is 3.21. The molecule has 0 aliphatic heterocycles. The molecule has 0 spiro atoms. The lowest BCUT2D eigenvalue weighted by atomic mass is 10.2. The SMILES string of the molecule is COc1ccccc1-c1nc(CSc2nc3ccccc3c(=O)n2C2CCCC2)cs1. The first kappa shape index (κ1) is 20.3. The average Bonchev–Trinajstić information content (AvgIpc) is 3.50. The van der Waals surface area contributed by atoms with E-state index in [1.165, 1.54) is 12.8 Å². The minimum Gasteiger partial charge on any atom is -0.496 e. The highest BCUT2D eigenvalue weighted by atomic mass is 32.2. The topological polar surface area (TPSA) is 57.0 Å². The van der Waals surface area contributed by atoms with Gasteiger partial charge in [0.25, 0.3) is 5.56 Å². The lowest BCUT2D eigenvalue weighted by Crippen LogP contribution is -2.26. The van der Waals surface area contributed by atoms with Crippen molar-refractivity contribution in [2.24, 2.45) is 0 Å². The Bertz CT molecular complexity index is 1280. The Kier molecular flexibility index (Phi) is 5.78. The van der Waals surface area contributed by atoms with E-state index in [9.17, 15) is 4.79 Å². The van der Waals surface area contributed by atoms with E-state index in [1.807, 2.05) is 53.1 Å². The first-order valence-electron chi connectivity index (χ1n) is 10.5. The first-order chi connectivity index (χ1) is 15.2. The fraction of sp³-hybridized carbons (Fsp3) is 0.292. The number of para-hydroxylation sites is 2. The Morgan fingerprint density at radius 2 is 1.87 bits per heavy atom. The van der Waals surface area contributed by atoms with Gasteiger partial charge in [-0.2, -0.15) is 0 Å². The summed E-state index contributed by atoms with van der Waals surface area (Å²) in [6.45, 7) is 0. The maximum absolute atomic E-state index is 13.3. The molecule has 0 bridgehead atoms. The van der Waals surface area contributed by atoms with Gasteiger partial charge in [0.2, 0.25) is 0 Å². The maximum atomic E-state index is 13.3. The van der Waals surface area contributed by atoms with Crippen LogP contribution in [0.3, 0.4) is 0 Å². The van der Waals surface area contributed by atoms with Gasteiger partial charge in [0.15, 0.2) is 5.16 Å². The molecule has 1 aliphatic rings. The number of thioether (sulfide) groups is 1. The van der Waals surface area contributed by atoms with E-state index in [1.54, 1.807) is 30.2 Å². The molecule has 0 amide bonds. The Balaban J connectivity index is 1.45. The molecule has 4 aromatic rings. The van der Waals surface area contributed by atoms with E-state index in [0.29, 0.717) is 11.1 Å². The Morgan fingerprint density at radius 1 is 1.10 bits per heavy atom. The van der Waals surface area contributed by atoms with Crippen LogP contribution in [-0.4, -0.2) is 21.6 Å². The second-order valence-corrected chi connectivity index (χ2v) is 9.46. The molecule has 2 heterocycles. The lowest BCUT2D eigenvalue weighted by Gasteiger charge is -2.18. The number of rotatable bonds is 6. The average molecular weight is 450 g/mol. The third-order valence-electron chi connectivity index (χ3n) is 5.70. The van der Waals surface area contributed by atoms with Gasteiger partial charge in [-0.3, -0.25) is 9.36 Å².